The first-order valence-corrected chi connectivity index (χ1v) is 12.4. The van der Waals surface area contributed by atoms with Gasteiger partial charge in [0.25, 0.3) is 5.91 Å². The maximum absolute atomic E-state index is 12.3. The van der Waals surface area contributed by atoms with Crippen LogP contribution in [0.5, 0.6) is 5.75 Å². The summed E-state index contributed by atoms with van der Waals surface area (Å²) in [5, 5.41) is 12.9. The molecule has 0 aliphatic heterocycles. The lowest BCUT2D eigenvalue weighted by Gasteiger charge is -2.13. The number of nitrogen functional groups attached to an aromatic ring is 1. The van der Waals surface area contributed by atoms with E-state index in [-0.39, 0.29) is 5.91 Å². The van der Waals surface area contributed by atoms with Crippen LogP contribution in [-0.4, -0.2) is 33.6 Å². The zero-order valence-electron chi connectivity index (χ0n) is 21.0. The number of pyridine rings is 1. The molecule has 0 radical (unpaired) electrons. The molecule has 186 valence electrons. The first kappa shape index (κ1) is 25.0. The van der Waals surface area contributed by atoms with E-state index >= 15 is 0 Å². The number of benzene rings is 2. The number of aryl methyl sites for hydroxylation is 1. The molecule has 0 saturated heterocycles. The molecule has 0 atom stereocenters. The zero-order valence-corrected chi connectivity index (χ0v) is 21.0. The van der Waals surface area contributed by atoms with Gasteiger partial charge in [-0.25, -0.2) is 9.97 Å². The predicted octanol–water partition coefficient (Wildman–Crippen LogP) is 4.85. The van der Waals surface area contributed by atoms with Crippen LogP contribution in [0.2, 0.25) is 0 Å². The van der Waals surface area contributed by atoms with E-state index in [1.807, 2.05) is 24.3 Å². The van der Waals surface area contributed by atoms with E-state index in [9.17, 15) is 4.79 Å². The minimum Gasteiger partial charge on any atom is -0.493 e. The van der Waals surface area contributed by atoms with Crippen molar-refractivity contribution in [1.82, 2.24) is 19.9 Å². The van der Waals surface area contributed by atoms with E-state index < -0.39 is 0 Å². The highest BCUT2D eigenvalue weighted by Gasteiger charge is 2.18. The first-order valence-electron chi connectivity index (χ1n) is 12.4. The van der Waals surface area contributed by atoms with E-state index in [1.54, 1.807) is 24.3 Å². The number of aromatic nitrogens is 3. The van der Waals surface area contributed by atoms with Crippen molar-refractivity contribution in [3.63, 3.8) is 0 Å². The van der Waals surface area contributed by atoms with Crippen LogP contribution >= 0.6 is 0 Å². The van der Waals surface area contributed by atoms with Gasteiger partial charge >= 0.3 is 0 Å². The lowest BCUT2D eigenvalue weighted by molar-refractivity contribution is 0.0951. The van der Waals surface area contributed by atoms with E-state index in [0.717, 1.165) is 47.1 Å². The van der Waals surface area contributed by atoms with Crippen LogP contribution in [0.3, 0.4) is 0 Å². The summed E-state index contributed by atoms with van der Waals surface area (Å²) in [5.41, 5.74) is 9.83. The smallest absolute Gasteiger partial charge is 0.251 e. The van der Waals surface area contributed by atoms with Gasteiger partial charge in [-0.2, -0.15) is 5.26 Å². The summed E-state index contributed by atoms with van der Waals surface area (Å²) in [6.07, 6.45) is 2.54. The third-order valence-electron chi connectivity index (χ3n) is 5.91. The number of imidazole rings is 1. The number of hydrogen-bond donors (Lipinski definition) is 2. The molecule has 0 aliphatic rings. The number of nitriles is 1. The summed E-state index contributed by atoms with van der Waals surface area (Å²) < 4.78 is 8.22. The summed E-state index contributed by atoms with van der Waals surface area (Å²) in [7, 11) is 0. The number of hydrogen-bond acceptors (Lipinski definition) is 6. The highest BCUT2D eigenvalue weighted by atomic mass is 16.5. The first-order chi connectivity index (χ1) is 17.4. The standard InChI is InChI=1S/C28H32N6O2/c1-4-7-24-33-25-26(34(24)17-18(2)3)22-11-10-21(15-23(22)32-27(25)30)36-13-6-12-31-28(35)20-9-5-8-19(14-20)16-29/h5,8-11,14-15,18H,4,6-7,12-13,17H2,1-3H3,(H2,30,32)(H,31,35). The monoisotopic (exact) mass is 484 g/mol. The number of amides is 1. The van der Waals surface area contributed by atoms with Gasteiger partial charge in [0.05, 0.1) is 29.3 Å². The van der Waals surface area contributed by atoms with Gasteiger partial charge < -0.3 is 20.4 Å². The molecule has 0 bridgehead atoms. The topological polar surface area (TPSA) is 119 Å². The molecule has 8 heteroatoms. The number of carbonyl (C=O) groups is 1. The van der Waals surface area contributed by atoms with Gasteiger partial charge in [0, 0.05) is 36.5 Å². The molecule has 2 heterocycles. The highest BCUT2D eigenvalue weighted by Crippen LogP contribution is 2.32. The maximum atomic E-state index is 12.3. The number of rotatable bonds is 10. The number of carbonyl (C=O) groups excluding carboxylic acids is 1. The van der Waals surface area contributed by atoms with Gasteiger partial charge in [0.15, 0.2) is 5.82 Å². The second kappa shape index (κ2) is 11.1. The van der Waals surface area contributed by atoms with Gasteiger partial charge in [-0.3, -0.25) is 4.79 Å². The van der Waals surface area contributed by atoms with Crippen LogP contribution < -0.4 is 15.8 Å². The normalized spacial score (nSPS) is 11.2. The number of anilines is 1. The quantitative estimate of drug-likeness (QED) is 0.311. The molecule has 8 nitrogen and oxygen atoms in total. The molecule has 36 heavy (non-hydrogen) atoms. The Labute approximate surface area is 211 Å². The second-order valence-corrected chi connectivity index (χ2v) is 9.31. The van der Waals surface area contributed by atoms with Crippen molar-refractivity contribution in [3.05, 3.63) is 59.4 Å². The van der Waals surface area contributed by atoms with Gasteiger partial charge in [-0.15, -0.1) is 0 Å². The number of ether oxygens (including phenoxy) is 1. The van der Waals surface area contributed by atoms with Crippen LogP contribution in [0, 0.1) is 17.2 Å². The average Bonchev–Trinajstić information content (AvgIpc) is 3.22. The van der Waals surface area contributed by atoms with Crippen LogP contribution in [-0.2, 0) is 13.0 Å². The van der Waals surface area contributed by atoms with Crippen molar-refractivity contribution >= 4 is 33.7 Å². The minimum atomic E-state index is -0.207. The Morgan fingerprint density at radius 3 is 2.81 bits per heavy atom. The molecular weight excluding hydrogens is 452 g/mol. The van der Waals surface area contributed by atoms with Crippen LogP contribution in [0.4, 0.5) is 5.82 Å². The molecule has 2 aromatic heterocycles. The summed E-state index contributed by atoms with van der Waals surface area (Å²) in [6, 6.07) is 14.6. The lowest BCUT2D eigenvalue weighted by atomic mass is 10.1. The Hall–Kier alpha value is -4.12. The van der Waals surface area contributed by atoms with Gasteiger partial charge in [0.1, 0.15) is 17.1 Å². The zero-order chi connectivity index (χ0) is 25.7. The van der Waals surface area contributed by atoms with Gasteiger partial charge in [0.2, 0.25) is 0 Å². The third-order valence-corrected chi connectivity index (χ3v) is 5.91. The van der Waals surface area contributed by atoms with Crippen molar-refractivity contribution < 1.29 is 9.53 Å². The Morgan fingerprint density at radius 1 is 1.22 bits per heavy atom. The summed E-state index contributed by atoms with van der Waals surface area (Å²) in [5.74, 6) is 2.44. The molecule has 1 amide bonds. The number of nitrogens with zero attached hydrogens (tertiary/aromatic N) is 4. The van der Waals surface area contributed by atoms with E-state index in [1.165, 1.54) is 0 Å². The largest absolute Gasteiger partial charge is 0.493 e. The van der Waals surface area contributed by atoms with Crippen LogP contribution in [0.25, 0.3) is 21.9 Å². The van der Waals surface area contributed by atoms with Crippen molar-refractivity contribution in [3.8, 4) is 11.8 Å². The molecular formula is C28H32N6O2. The summed E-state index contributed by atoms with van der Waals surface area (Å²) >= 11 is 0. The minimum absolute atomic E-state index is 0.207. The van der Waals surface area contributed by atoms with Crippen molar-refractivity contribution in [2.24, 2.45) is 5.92 Å². The van der Waals surface area contributed by atoms with Crippen molar-refractivity contribution in [2.75, 3.05) is 18.9 Å². The van der Waals surface area contributed by atoms with Gasteiger partial charge in [-0.05, 0) is 49.1 Å². The molecule has 2 aromatic carbocycles. The third kappa shape index (κ3) is 5.41. The second-order valence-electron chi connectivity index (χ2n) is 9.31. The van der Waals surface area contributed by atoms with Crippen molar-refractivity contribution in [2.45, 2.75) is 46.6 Å². The highest BCUT2D eigenvalue weighted by molar-refractivity contribution is 6.07. The molecule has 0 unspecified atom stereocenters. The van der Waals surface area contributed by atoms with Crippen LogP contribution in [0.1, 0.15) is 55.4 Å². The average molecular weight is 485 g/mol. The Morgan fingerprint density at radius 2 is 2.06 bits per heavy atom. The fourth-order valence-electron chi connectivity index (χ4n) is 4.30. The molecule has 4 aromatic rings. The fraction of sp³-hybridized carbons (Fsp3) is 0.357. The number of fused-ring (bicyclic) bond motifs is 3. The molecule has 0 spiro atoms. The Balaban J connectivity index is 1.45. The fourth-order valence-corrected chi connectivity index (χ4v) is 4.30. The molecule has 0 fully saturated rings. The maximum Gasteiger partial charge on any atom is 0.251 e. The van der Waals surface area contributed by atoms with Crippen LogP contribution in [0.15, 0.2) is 42.5 Å². The number of nitrogens with two attached hydrogens (primary N) is 1. The van der Waals surface area contributed by atoms with Crippen molar-refractivity contribution in [1.29, 1.82) is 5.26 Å². The summed E-state index contributed by atoms with van der Waals surface area (Å²) in [4.78, 5) is 21.7. The van der Waals surface area contributed by atoms with Gasteiger partial charge in [-0.1, -0.05) is 26.8 Å². The van der Waals surface area contributed by atoms with E-state index in [0.29, 0.717) is 48.2 Å². The molecule has 0 saturated carbocycles. The summed E-state index contributed by atoms with van der Waals surface area (Å²) in [6.45, 7) is 8.32. The Bertz CT molecular complexity index is 1430. The Kier molecular flexibility index (Phi) is 7.69. The van der Waals surface area contributed by atoms with E-state index in [2.05, 4.69) is 35.6 Å². The predicted molar refractivity (Wildman–Crippen MR) is 142 cm³/mol. The SMILES string of the molecule is CCCc1nc2c(N)nc3cc(OCCCNC(=O)c4cccc(C#N)c4)ccc3c2n1CC(C)C. The molecule has 4 rings (SSSR count). The molecule has 0 aliphatic carbocycles. The number of nitrogens with one attached hydrogen (secondary N) is 1. The molecule has 3 N–H and O–H groups in total. The lowest BCUT2D eigenvalue weighted by Crippen LogP contribution is -2.25. The van der Waals surface area contributed by atoms with E-state index in [4.69, 9.17) is 20.7 Å².